The number of carbonyl (C=O) groups excluding carboxylic acids is 1. The fourth-order valence-electron chi connectivity index (χ4n) is 2.53. The Balaban J connectivity index is 1.91. The number of hydrogen-bond donors (Lipinski definition) is 0. The zero-order valence-corrected chi connectivity index (χ0v) is 13.2. The van der Waals surface area contributed by atoms with Crippen molar-refractivity contribution >= 4 is 16.6 Å². The van der Waals surface area contributed by atoms with Crippen LogP contribution in [0.3, 0.4) is 0 Å². The molecule has 0 bridgehead atoms. The van der Waals surface area contributed by atoms with Crippen LogP contribution < -0.4 is 9.47 Å². The lowest BCUT2D eigenvalue weighted by Crippen LogP contribution is -2.01. The molecule has 0 atom stereocenters. The second kappa shape index (κ2) is 6.53. The van der Waals surface area contributed by atoms with Gasteiger partial charge in [-0.15, -0.1) is 0 Å². The number of benzene rings is 3. The zero-order chi connectivity index (χ0) is 16.2. The van der Waals surface area contributed by atoms with Crippen molar-refractivity contribution in [3.63, 3.8) is 0 Å². The van der Waals surface area contributed by atoms with E-state index in [0.717, 1.165) is 22.3 Å². The van der Waals surface area contributed by atoms with Gasteiger partial charge < -0.3 is 9.47 Å². The van der Waals surface area contributed by atoms with E-state index in [1.165, 1.54) is 0 Å². The third kappa shape index (κ3) is 3.19. The molecule has 0 aliphatic rings. The predicted molar refractivity (Wildman–Crippen MR) is 91.5 cm³/mol. The van der Waals surface area contributed by atoms with Gasteiger partial charge in [-0.2, -0.15) is 0 Å². The van der Waals surface area contributed by atoms with E-state index >= 15 is 0 Å². The van der Waals surface area contributed by atoms with Crippen LogP contribution in [0.4, 0.5) is 0 Å². The molecule has 3 rings (SSSR count). The molecule has 0 N–H and O–H groups in total. The Morgan fingerprint density at radius 3 is 2.13 bits per heavy atom. The maximum Gasteiger partial charge on any atom is 0.193 e. The van der Waals surface area contributed by atoms with Gasteiger partial charge in [0.15, 0.2) is 5.78 Å². The Kier molecular flexibility index (Phi) is 4.29. The molecule has 0 fully saturated rings. The van der Waals surface area contributed by atoms with Crippen LogP contribution in [0.1, 0.15) is 22.8 Å². The minimum Gasteiger partial charge on any atom is -0.497 e. The Morgan fingerprint density at radius 1 is 0.826 bits per heavy atom. The van der Waals surface area contributed by atoms with Crippen LogP contribution >= 0.6 is 0 Å². The average molecular weight is 306 g/mol. The zero-order valence-electron chi connectivity index (χ0n) is 13.2. The van der Waals surface area contributed by atoms with E-state index in [-0.39, 0.29) is 5.78 Å². The fraction of sp³-hybridized carbons (Fsp3) is 0.150. The first-order valence-electron chi connectivity index (χ1n) is 7.56. The number of ether oxygens (including phenoxy) is 2. The van der Waals surface area contributed by atoms with Crippen molar-refractivity contribution < 1.29 is 14.3 Å². The quantitative estimate of drug-likeness (QED) is 0.652. The molecule has 0 aliphatic heterocycles. The summed E-state index contributed by atoms with van der Waals surface area (Å²) in [5, 5.41) is 2.06. The van der Waals surface area contributed by atoms with Crippen LogP contribution in [0, 0.1) is 0 Å². The highest BCUT2D eigenvalue weighted by Crippen LogP contribution is 2.23. The van der Waals surface area contributed by atoms with Crippen LogP contribution in [0.25, 0.3) is 10.8 Å². The number of hydrogen-bond acceptors (Lipinski definition) is 3. The molecule has 0 aliphatic carbocycles. The summed E-state index contributed by atoms with van der Waals surface area (Å²) >= 11 is 0. The van der Waals surface area contributed by atoms with Crippen LogP contribution in [-0.2, 0) is 0 Å². The van der Waals surface area contributed by atoms with E-state index in [1.54, 1.807) is 19.2 Å². The van der Waals surface area contributed by atoms with Crippen molar-refractivity contribution in [2.24, 2.45) is 0 Å². The van der Waals surface area contributed by atoms with Crippen LogP contribution in [0.15, 0.2) is 60.7 Å². The maximum absolute atomic E-state index is 12.6. The minimum absolute atomic E-state index is 0.00534. The summed E-state index contributed by atoms with van der Waals surface area (Å²) in [5.74, 6) is 1.59. The monoisotopic (exact) mass is 306 g/mol. The molecule has 3 aromatic carbocycles. The first kappa shape index (κ1) is 15.1. The minimum atomic E-state index is 0.00534. The Morgan fingerprint density at radius 2 is 1.43 bits per heavy atom. The molecular formula is C20H18O3. The highest BCUT2D eigenvalue weighted by atomic mass is 16.5. The summed E-state index contributed by atoms with van der Waals surface area (Å²) in [5.41, 5.74) is 1.33. The highest BCUT2D eigenvalue weighted by molar-refractivity contribution is 6.10. The van der Waals surface area contributed by atoms with Gasteiger partial charge in [-0.25, -0.2) is 0 Å². The van der Waals surface area contributed by atoms with Gasteiger partial charge in [0.1, 0.15) is 11.5 Å². The lowest BCUT2D eigenvalue weighted by Gasteiger charge is -2.07. The summed E-state index contributed by atoms with van der Waals surface area (Å²) in [6, 6.07) is 18.8. The van der Waals surface area contributed by atoms with Crippen molar-refractivity contribution in [2.45, 2.75) is 6.92 Å². The number of carbonyl (C=O) groups is 1. The molecule has 116 valence electrons. The number of ketones is 1. The van der Waals surface area contributed by atoms with Gasteiger partial charge in [-0.05, 0) is 60.2 Å². The average Bonchev–Trinajstić information content (AvgIpc) is 2.61. The van der Waals surface area contributed by atoms with Crippen LogP contribution in [0.2, 0.25) is 0 Å². The molecule has 0 radical (unpaired) electrons. The Hall–Kier alpha value is -2.81. The van der Waals surface area contributed by atoms with Gasteiger partial charge in [0, 0.05) is 11.1 Å². The second-order valence-electron chi connectivity index (χ2n) is 5.21. The van der Waals surface area contributed by atoms with Crippen molar-refractivity contribution in [1.82, 2.24) is 0 Å². The van der Waals surface area contributed by atoms with Crippen molar-refractivity contribution in [2.75, 3.05) is 13.7 Å². The predicted octanol–water partition coefficient (Wildman–Crippen LogP) is 4.48. The van der Waals surface area contributed by atoms with E-state index in [4.69, 9.17) is 9.47 Å². The molecule has 3 aromatic rings. The lowest BCUT2D eigenvalue weighted by atomic mass is 10.00. The molecule has 23 heavy (non-hydrogen) atoms. The van der Waals surface area contributed by atoms with Gasteiger partial charge in [0.2, 0.25) is 0 Å². The molecule has 0 saturated carbocycles. The Labute approximate surface area is 135 Å². The van der Waals surface area contributed by atoms with E-state index in [0.29, 0.717) is 17.7 Å². The van der Waals surface area contributed by atoms with Gasteiger partial charge in [-0.1, -0.05) is 18.2 Å². The smallest absolute Gasteiger partial charge is 0.193 e. The van der Waals surface area contributed by atoms with Gasteiger partial charge in [-0.3, -0.25) is 4.79 Å². The Bertz CT molecular complexity index is 835. The van der Waals surface area contributed by atoms with Crippen molar-refractivity contribution in [3.05, 3.63) is 71.8 Å². The molecule has 3 heteroatoms. The van der Waals surface area contributed by atoms with E-state index < -0.39 is 0 Å². The molecule has 0 spiro atoms. The van der Waals surface area contributed by atoms with E-state index in [9.17, 15) is 4.79 Å². The molecular weight excluding hydrogens is 288 g/mol. The third-order valence-electron chi connectivity index (χ3n) is 3.74. The molecule has 0 heterocycles. The molecule has 0 saturated heterocycles. The number of rotatable bonds is 5. The fourth-order valence-corrected chi connectivity index (χ4v) is 2.53. The lowest BCUT2D eigenvalue weighted by molar-refractivity contribution is 0.103. The molecule has 0 aromatic heterocycles. The van der Waals surface area contributed by atoms with Crippen LogP contribution in [-0.4, -0.2) is 19.5 Å². The standard InChI is InChI=1S/C20H18O3/c1-3-23-18-9-6-14(7-10-18)20(21)17-5-4-16-13-19(22-2)11-8-15(16)12-17/h4-13H,3H2,1-2H3. The highest BCUT2D eigenvalue weighted by Gasteiger charge is 2.10. The van der Waals surface area contributed by atoms with Gasteiger partial charge in [0.25, 0.3) is 0 Å². The van der Waals surface area contributed by atoms with E-state index in [2.05, 4.69) is 0 Å². The molecule has 3 nitrogen and oxygen atoms in total. The number of methoxy groups -OCH3 is 1. The topological polar surface area (TPSA) is 35.5 Å². The largest absolute Gasteiger partial charge is 0.497 e. The summed E-state index contributed by atoms with van der Waals surface area (Å²) in [6.07, 6.45) is 0. The summed E-state index contributed by atoms with van der Waals surface area (Å²) in [6.45, 7) is 2.55. The first-order valence-corrected chi connectivity index (χ1v) is 7.56. The van der Waals surface area contributed by atoms with Gasteiger partial charge >= 0.3 is 0 Å². The SMILES string of the molecule is CCOc1ccc(C(=O)c2ccc3cc(OC)ccc3c2)cc1. The summed E-state index contributed by atoms with van der Waals surface area (Å²) in [7, 11) is 1.64. The van der Waals surface area contributed by atoms with Crippen molar-refractivity contribution in [1.29, 1.82) is 0 Å². The summed E-state index contributed by atoms with van der Waals surface area (Å²) in [4.78, 5) is 12.6. The third-order valence-corrected chi connectivity index (χ3v) is 3.74. The normalized spacial score (nSPS) is 10.5. The van der Waals surface area contributed by atoms with Crippen LogP contribution in [0.5, 0.6) is 11.5 Å². The second-order valence-corrected chi connectivity index (χ2v) is 5.21. The van der Waals surface area contributed by atoms with E-state index in [1.807, 2.05) is 55.5 Å². The molecule has 0 amide bonds. The maximum atomic E-state index is 12.6. The first-order chi connectivity index (χ1) is 11.2. The van der Waals surface area contributed by atoms with Crippen molar-refractivity contribution in [3.8, 4) is 11.5 Å². The van der Waals surface area contributed by atoms with Gasteiger partial charge in [0.05, 0.1) is 13.7 Å². The number of fused-ring (bicyclic) bond motifs is 1. The molecule has 0 unspecified atom stereocenters. The summed E-state index contributed by atoms with van der Waals surface area (Å²) < 4.78 is 10.6.